The lowest BCUT2D eigenvalue weighted by molar-refractivity contribution is -0.385. The van der Waals surface area contributed by atoms with Crippen LogP contribution in [0, 0.1) is 10.1 Å². The average molecular weight is 342 g/mol. The van der Waals surface area contributed by atoms with Gasteiger partial charge >= 0.3 is 5.69 Å². The maximum absolute atomic E-state index is 11.4. The van der Waals surface area contributed by atoms with Crippen molar-refractivity contribution >= 4 is 19.9 Å². The van der Waals surface area contributed by atoms with Crippen molar-refractivity contribution in [3.05, 3.63) is 21.5 Å². The van der Waals surface area contributed by atoms with E-state index in [0.717, 1.165) is 0 Å². The van der Waals surface area contributed by atoms with Gasteiger partial charge in [0.05, 0.1) is 18.1 Å². The largest absolute Gasteiger partial charge is 0.415 e. The highest BCUT2D eigenvalue weighted by atomic mass is 28.4. The van der Waals surface area contributed by atoms with Gasteiger partial charge in [-0.2, -0.15) is 5.10 Å². The number of hydrogen-bond acceptors (Lipinski definition) is 5. The second kappa shape index (κ2) is 6.79. The van der Waals surface area contributed by atoms with E-state index in [1.165, 1.54) is 4.68 Å². The van der Waals surface area contributed by atoms with E-state index in [1.54, 1.807) is 6.92 Å². The van der Waals surface area contributed by atoms with Crippen LogP contribution in [0.25, 0.3) is 0 Å². The van der Waals surface area contributed by atoms with Gasteiger partial charge in [-0.15, -0.1) is 0 Å². The summed E-state index contributed by atoms with van der Waals surface area (Å²) < 4.78 is 7.52. The molecule has 8 nitrogen and oxygen atoms in total. The number of hydrogen-bond donors (Lipinski definition) is 1. The van der Waals surface area contributed by atoms with Gasteiger partial charge in [0.15, 0.2) is 8.32 Å². The Morgan fingerprint density at radius 2 is 2.00 bits per heavy atom. The van der Waals surface area contributed by atoms with Crippen LogP contribution in [0.2, 0.25) is 18.1 Å². The second-order valence-corrected chi connectivity index (χ2v) is 11.8. The molecule has 0 unspecified atom stereocenters. The first kappa shape index (κ1) is 19.3. The number of aromatic nitrogens is 2. The van der Waals surface area contributed by atoms with Crippen LogP contribution in [0.15, 0.2) is 0 Å². The molecule has 1 rings (SSSR count). The summed E-state index contributed by atoms with van der Waals surface area (Å²) in [5, 5.41) is 15.3. The number of nitrogens with two attached hydrogens (primary N) is 1. The quantitative estimate of drug-likeness (QED) is 0.464. The highest BCUT2D eigenvalue weighted by Crippen LogP contribution is 2.36. The minimum atomic E-state index is -1.90. The average Bonchev–Trinajstić information content (AvgIpc) is 2.76. The zero-order valence-corrected chi connectivity index (χ0v) is 15.7. The molecule has 0 aromatic carbocycles. The first-order valence-electron chi connectivity index (χ1n) is 7.60. The van der Waals surface area contributed by atoms with Crippen LogP contribution in [0.1, 0.15) is 43.9 Å². The van der Waals surface area contributed by atoms with Crippen molar-refractivity contribution in [3.63, 3.8) is 0 Å². The zero-order valence-electron chi connectivity index (χ0n) is 14.7. The fraction of sp³-hybridized carbons (Fsp3) is 0.714. The SMILES string of the molecule is CCc1c([N+](=O)[O-])c(C(N)=O)nn1CCO[Si](C)(C)C(C)(C)C. The van der Waals surface area contributed by atoms with Crippen molar-refractivity contribution in [2.75, 3.05) is 6.61 Å². The molecule has 0 radical (unpaired) electrons. The molecule has 1 amide bonds. The molecule has 9 heteroatoms. The Hall–Kier alpha value is -1.74. The fourth-order valence-electron chi connectivity index (χ4n) is 1.98. The topological polar surface area (TPSA) is 113 Å². The number of rotatable bonds is 7. The zero-order chi connectivity index (χ0) is 18.0. The third kappa shape index (κ3) is 4.17. The molecule has 2 N–H and O–H groups in total. The van der Waals surface area contributed by atoms with Crippen molar-refractivity contribution in [2.24, 2.45) is 5.73 Å². The smallest absolute Gasteiger partial charge is 0.323 e. The summed E-state index contributed by atoms with van der Waals surface area (Å²) in [4.78, 5) is 22.0. The molecule has 0 aliphatic carbocycles. The third-order valence-corrected chi connectivity index (χ3v) is 8.89. The van der Waals surface area contributed by atoms with E-state index in [-0.39, 0.29) is 16.4 Å². The van der Waals surface area contributed by atoms with Gasteiger partial charge in [-0.1, -0.05) is 27.7 Å². The summed E-state index contributed by atoms with van der Waals surface area (Å²) >= 11 is 0. The number of nitro groups is 1. The number of nitrogens with zero attached hydrogens (tertiary/aromatic N) is 3. The minimum absolute atomic E-state index is 0.0785. The molecular weight excluding hydrogens is 316 g/mol. The summed E-state index contributed by atoms with van der Waals surface area (Å²) in [5.41, 5.74) is 5.00. The highest BCUT2D eigenvalue weighted by molar-refractivity contribution is 6.74. The lowest BCUT2D eigenvalue weighted by Crippen LogP contribution is -2.41. The van der Waals surface area contributed by atoms with Crippen molar-refractivity contribution in [1.82, 2.24) is 9.78 Å². The monoisotopic (exact) mass is 342 g/mol. The Bertz CT molecular complexity index is 605. The lowest BCUT2D eigenvalue weighted by atomic mass is 10.2. The van der Waals surface area contributed by atoms with E-state index in [9.17, 15) is 14.9 Å². The predicted octanol–water partition coefficient (Wildman–Crippen LogP) is 2.47. The number of primary amides is 1. The molecule has 1 aromatic heterocycles. The van der Waals surface area contributed by atoms with Gasteiger partial charge in [-0.05, 0) is 24.6 Å². The summed E-state index contributed by atoms with van der Waals surface area (Å²) in [7, 11) is -1.90. The summed E-state index contributed by atoms with van der Waals surface area (Å²) in [6.07, 6.45) is 0.386. The van der Waals surface area contributed by atoms with Gasteiger partial charge in [0.25, 0.3) is 5.91 Å². The van der Waals surface area contributed by atoms with E-state index in [2.05, 4.69) is 39.0 Å². The number of carbonyl (C=O) groups excluding carboxylic acids is 1. The normalized spacial score (nSPS) is 12.4. The van der Waals surface area contributed by atoms with Gasteiger partial charge in [0.1, 0.15) is 5.69 Å². The van der Waals surface area contributed by atoms with Crippen LogP contribution in [0.3, 0.4) is 0 Å². The summed E-state index contributed by atoms with van der Waals surface area (Å²) in [6.45, 7) is 13.2. The van der Waals surface area contributed by atoms with Crippen LogP contribution in [0.5, 0.6) is 0 Å². The van der Waals surface area contributed by atoms with Gasteiger partial charge in [0.2, 0.25) is 5.69 Å². The van der Waals surface area contributed by atoms with E-state index >= 15 is 0 Å². The Morgan fingerprint density at radius 3 is 2.39 bits per heavy atom. The predicted molar refractivity (Wildman–Crippen MR) is 89.9 cm³/mol. The highest BCUT2D eigenvalue weighted by Gasteiger charge is 2.37. The fourth-order valence-corrected chi connectivity index (χ4v) is 3.02. The van der Waals surface area contributed by atoms with Gasteiger partial charge in [-0.25, -0.2) is 0 Å². The van der Waals surface area contributed by atoms with E-state index in [1.807, 2.05) is 0 Å². The van der Waals surface area contributed by atoms with Crippen molar-refractivity contribution in [2.45, 2.75) is 58.8 Å². The molecule has 0 saturated heterocycles. The van der Waals surface area contributed by atoms with Gasteiger partial charge < -0.3 is 10.2 Å². The Kier molecular flexibility index (Phi) is 5.70. The molecule has 0 spiro atoms. The van der Waals surface area contributed by atoms with Crippen LogP contribution in [-0.2, 0) is 17.4 Å². The summed E-state index contributed by atoms with van der Waals surface area (Å²) in [5.74, 6) is -0.893. The maximum Gasteiger partial charge on any atom is 0.323 e. The maximum atomic E-state index is 11.4. The Morgan fingerprint density at radius 1 is 1.43 bits per heavy atom. The molecule has 23 heavy (non-hydrogen) atoms. The first-order valence-corrected chi connectivity index (χ1v) is 10.5. The first-order chi connectivity index (χ1) is 10.4. The third-order valence-electron chi connectivity index (χ3n) is 4.35. The number of amides is 1. The summed E-state index contributed by atoms with van der Waals surface area (Å²) in [6, 6.07) is 0. The van der Waals surface area contributed by atoms with Crippen molar-refractivity contribution < 1.29 is 14.1 Å². The molecule has 0 bridgehead atoms. The van der Waals surface area contributed by atoms with Crippen molar-refractivity contribution in [3.8, 4) is 0 Å². The molecule has 0 saturated carbocycles. The van der Waals surface area contributed by atoms with E-state index < -0.39 is 19.1 Å². The van der Waals surface area contributed by atoms with Crippen LogP contribution < -0.4 is 5.73 Å². The van der Waals surface area contributed by atoms with Crippen molar-refractivity contribution in [1.29, 1.82) is 0 Å². The lowest BCUT2D eigenvalue weighted by Gasteiger charge is -2.36. The molecule has 0 atom stereocenters. The Labute approximate surface area is 137 Å². The molecule has 1 aromatic rings. The molecular formula is C14H26N4O4Si. The molecule has 0 aliphatic rings. The van der Waals surface area contributed by atoms with Crippen LogP contribution in [-0.4, -0.2) is 35.5 Å². The number of carbonyl (C=O) groups is 1. The van der Waals surface area contributed by atoms with Gasteiger partial charge in [-0.3, -0.25) is 19.6 Å². The molecule has 130 valence electrons. The molecule has 0 fully saturated rings. The van der Waals surface area contributed by atoms with Crippen LogP contribution >= 0.6 is 0 Å². The molecule has 0 aliphatic heterocycles. The molecule has 1 heterocycles. The van der Waals surface area contributed by atoms with Gasteiger partial charge in [0, 0.05) is 0 Å². The minimum Gasteiger partial charge on any atom is -0.415 e. The van der Waals surface area contributed by atoms with E-state index in [0.29, 0.717) is 25.3 Å². The standard InChI is InChI=1S/C14H26N4O4Si/c1-7-10-12(18(20)21)11(13(15)19)16-17(10)8-9-22-23(5,6)14(2,3)4/h7-9H2,1-6H3,(H2,15,19). The second-order valence-electron chi connectivity index (χ2n) is 6.95. The van der Waals surface area contributed by atoms with E-state index in [4.69, 9.17) is 10.2 Å². The Balaban J connectivity index is 3.00. The van der Waals surface area contributed by atoms with Crippen LogP contribution in [0.4, 0.5) is 5.69 Å².